The van der Waals surface area contributed by atoms with Crippen molar-refractivity contribution in [1.29, 1.82) is 0 Å². The number of hydrogen-bond donors (Lipinski definition) is 2. The predicted octanol–water partition coefficient (Wildman–Crippen LogP) is 0.969. The molecule has 0 spiro atoms. The molecule has 11 heavy (non-hydrogen) atoms. The highest BCUT2D eigenvalue weighted by Gasteiger charge is 2.27. The third-order valence-electron chi connectivity index (χ3n) is 2.27. The molecule has 0 radical (unpaired) electrons. The molecule has 2 atom stereocenters. The summed E-state index contributed by atoms with van der Waals surface area (Å²) >= 11 is 0. The van der Waals surface area contributed by atoms with Gasteiger partial charge >= 0.3 is 0 Å². The van der Waals surface area contributed by atoms with Crippen molar-refractivity contribution in [2.45, 2.75) is 33.2 Å². The van der Waals surface area contributed by atoms with Crippen molar-refractivity contribution < 1.29 is 0 Å². The predicted molar refractivity (Wildman–Crippen MR) is 48.4 cm³/mol. The molecule has 0 amide bonds. The standard InChI is InChI=1S/C9H20N2/c1-9(2,3)4-7-5-11-6-8(7)10/h7-8,11H,4-6,10H2,1-3H3/t7-,8-/m1/s1. The number of hydrogen-bond acceptors (Lipinski definition) is 2. The van der Waals surface area contributed by atoms with Crippen LogP contribution in [0, 0.1) is 11.3 Å². The molecule has 66 valence electrons. The monoisotopic (exact) mass is 156 g/mol. The van der Waals surface area contributed by atoms with Crippen molar-refractivity contribution in [3.63, 3.8) is 0 Å². The Morgan fingerprint density at radius 3 is 2.36 bits per heavy atom. The van der Waals surface area contributed by atoms with Gasteiger partial charge in [-0.15, -0.1) is 0 Å². The fourth-order valence-electron chi connectivity index (χ4n) is 1.76. The SMILES string of the molecule is CC(C)(C)C[C@@H]1CNC[C@H]1N. The first-order chi connectivity index (χ1) is 4.99. The van der Waals surface area contributed by atoms with Crippen LogP contribution in [0.5, 0.6) is 0 Å². The molecule has 2 nitrogen and oxygen atoms in total. The van der Waals surface area contributed by atoms with E-state index >= 15 is 0 Å². The topological polar surface area (TPSA) is 38.0 Å². The van der Waals surface area contributed by atoms with Gasteiger partial charge in [0.15, 0.2) is 0 Å². The molecule has 0 bridgehead atoms. The summed E-state index contributed by atoms with van der Waals surface area (Å²) in [6, 6.07) is 0.384. The molecule has 0 aromatic heterocycles. The second-order valence-corrected chi connectivity index (χ2v) is 4.85. The Morgan fingerprint density at radius 1 is 1.36 bits per heavy atom. The van der Waals surface area contributed by atoms with Gasteiger partial charge in [0.1, 0.15) is 0 Å². The second-order valence-electron chi connectivity index (χ2n) is 4.85. The molecule has 0 unspecified atom stereocenters. The third-order valence-corrected chi connectivity index (χ3v) is 2.27. The second kappa shape index (κ2) is 3.11. The molecule has 0 saturated carbocycles. The van der Waals surface area contributed by atoms with Crippen molar-refractivity contribution in [1.82, 2.24) is 5.32 Å². The Hall–Kier alpha value is -0.0800. The van der Waals surface area contributed by atoms with E-state index in [-0.39, 0.29) is 0 Å². The maximum absolute atomic E-state index is 5.92. The third kappa shape index (κ3) is 2.80. The van der Waals surface area contributed by atoms with Crippen LogP contribution in [0.2, 0.25) is 0 Å². The lowest BCUT2D eigenvalue weighted by molar-refractivity contribution is 0.292. The zero-order valence-corrected chi connectivity index (χ0v) is 7.85. The highest BCUT2D eigenvalue weighted by Crippen LogP contribution is 2.26. The van der Waals surface area contributed by atoms with Crippen molar-refractivity contribution in [2.75, 3.05) is 13.1 Å². The summed E-state index contributed by atoms with van der Waals surface area (Å²) in [5.74, 6) is 0.690. The Morgan fingerprint density at radius 2 is 2.00 bits per heavy atom. The minimum absolute atomic E-state index is 0.384. The van der Waals surface area contributed by atoms with Gasteiger partial charge in [-0.25, -0.2) is 0 Å². The Balaban J connectivity index is 2.37. The summed E-state index contributed by atoms with van der Waals surface area (Å²) in [5, 5.41) is 3.32. The van der Waals surface area contributed by atoms with E-state index in [1.54, 1.807) is 0 Å². The molecule has 3 N–H and O–H groups in total. The minimum atomic E-state index is 0.384. The molecular weight excluding hydrogens is 136 g/mol. The maximum Gasteiger partial charge on any atom is 0.0206 e. The smallest absolute Gasteiger partial charge is 0.0206 e. The number of nitrogens with one attached hydrogen (secondary N) is 1. The molecule has 0 aromatic carbocycles. The van der Waals surface area contributed by atoms with Crippen molar-refractivity contribution in [2.24, 2.45) is 17.1 Å². The summed E-state index contributed by atoms with van der Waals surface area (Å²) in [6.45, 7) is 8.94. The average molecular weight is 156 g/mol. The normalized spacial score (nSPS) is 32.7. The van der Waals surface area contributed by atoms with E-state index in [4.69, 9.17) is 5.73 Å². The van der Waals surface area contributed by atoms with Gasteiger partial charge in [0.25, 0.3) is 0 Å². The van der Waals surface area contributed by atoms with Crippen LogP contribution in [0.25, 0.3) is 0 Å². The first-order valence-electron chi connectivity index (χ1n) is 4.45. The lowest BCUT2D eigenvalue weighted by Gasteiger charge is -2.24. The highest BCUT2D eigenvalue weighted by molar-refractivity contribution is 4.86. The summed E-state index contributed by atoms with van der Waals surface area (Å²) in [4.78, 5) is 0. The molecule has 1 saturated heterocycles. The molecule has 1 aliphatic heterocycles. The van der Waals surface area contributed by atoms with E-state index in [9.17, 15) is 0 Å². The molecule has 1 aliphatic rings. The van der Waals surface area contributed by atoms with E-state index < -0.39 is 0 Å². The van der Waals surface area contributed by atoms with E-state index in [0.29, 0.717) is 17.4 Å². The molecule has 2 heteroatoms. The molecule has 1 heterocycles. The summed E-state index contributed by atoms with van der Waals surface area (Å²) < 4.78 is 0. The minimum Gasteiger partial charge on any atom is -0.326 e. The molecule has 0 aromatic rings. The maximum atomic E-state index is 5.92. The van der Waals surface area contributed by atoms with Gasteiger partial charge in [0, 0.05) is 12.6 Å². The van der Waals surface area contributed by atoms with Crippen molar-refractivity contribution in [3.8, 4) is 0 Å². The zero-order valence-electron chi connectivity index (χ0n) is 7.85. The van der Waals surface area contributed by atoms with Crippen LogP contribution in [-0.4, -0.2) is 19.1 Å². The molecule has 0 aliphatic carbocycles. The molecule has 1 fully saturated rings. The van der Waals surface area contributed by atoms with Gasteiger partial charge in [-0.3, -0.25) is 0 Å². The van der Waals surface area contributed by atoms with Gasteiger partial charge < -0.3 is 11.1 Å². The zero-order chi connectivity index (χ0) is 8.48. The van der Waals surface area contributed by atoms with Crippen LogP contribution in [-0.2, 0) is 0 Å². The van der Waals surface area contributed by atoms with Crippen LogP contribution in [0.4, 0.5) is 0 Å². The first kappa shape index (κ1) is 9.01. The van der Waals surface area contributed by atoms with Crippen LogP contribution in [0.3, 0.4) is 0 Å². The van der Waals surface area contributed by atoms with E-state index in [1.807, 2.05) is 0 Å². The van der Waals surface area contributed by atoms with Gasteiger partial charge in [0.05, 0.1) is 0 Å². The van der Waals surface area contributed by atoms with Crippen LogP contribution >= 0.6 is 0 Å². The average Bonchev–Trinajstić information content (AvgIpc) is 2.12. The summed E-state index contributed by atoms with van der Waals surface area (Å²) in [6.07, 6.45) is 1.24. The van der Waals surface area contributed by atoms with Gasteiger partial charge in [-0.1, -0.05) is 20.8 Å². The quantitative estimate of drug-likeness (QED) is 0.593. The van der Waals surface area contributed by atoms with Gasteiger partial charge in [-0.05, 0) is 24.3 Å². The lowest BCUT2D eigenvalue weighted by atomic mass is 9.83. The summed E-state index contributed by atoms with van der Waals surface area (Å²) in [7, 11) is 0. The molecule has 1 rings (SSSR count). The summed E-state index contributed by atoms with van der Waals surface area (Å²) in [5.41, 5.74) is 6.35. The van der Waals surface area contributed by atoms with E-state index in [2.05, 4.69) is 26.1 Å². The van der Waals surface area contributed by atoms with Crippen LogP contribution in [0.1, 0.15) is 27.2 Å². The lowest BCUT2D eigenvalue weighted by Crippen LogP contribution is -2.31. The van der Waals surface area contributed by atoms with E-state index in [1.165, 1.54) is 6.42 Å². The number of rotatable bonds is 1. The van der Waals surface area contributed by atoms with Crippen LogP contribution < -0.4 is 11.1 Å². The number of nitrogens with two attached hydrogens (primary N) is 1. The van der Waals surface area contributed by atoms with E-state index in [0.717, 1.165) is 13.1 Å². The highest BCUT2D eigenvalue weighted by atomic mass is 15.0. The van der Waals surface area contributed by atoms with Crippen molar-refractivity contribution >= 4 is 0 Å². The Bertz CT molecular complexity index is 126. The van der Waals surface area contributed by atoms with Crippen LogP contribution in [0.15, 0.2) is 0 Å². The fourth-order valence-corrected chi connectivity index (χ4v) is 1.76. The first-order valence-corrected chi connectivity index (χ1v) is 4.45. The largest absolute Gasteiger partial charge is 0.326 e. The Kier molecular flexibility index (Phi) is 2.55. The van der Waals surface area contributed by atoms with Gasteiger partial charge in [-0.2, -0.15) is 0 Å². The fraction of sp³-hybridized carbons (Fsp3) is 1.00. The van der Waals surface area contributed by atoms with Crippen molar-refractivity contribution in [3.05, 3.63) is 0 Å². The van der Waals surface area contributed by atoms with Gasteiger partial charge in [0.2, 0.25) is 0 Å². The Labute approximate surface area is 69.5 Å². The molecular formula is C9H20N2.